The summed E-state index contributed by atoms with van der Waals surface area (Å²) in [5.74, 6) is -0.0925. The van der Waals surface area contributed by atoms with Gasteiger partial charge < -0.3 is 15.5 Å². The van der Waals surface area contributed by atoms with Gasteiger partial charge in [-0.3, -0.25) is 0 Å². The van der Waals surface area contributed by atoms with Gasteiger partial charge in [0.2, 0.25) is 0 Å². The molecule has 0 aliphatic heterocycles. The molecule has 3 rings (SSSR count). The number of aromatic nitrogens is 3. The molecule has 140 valence electrons. The Balaban J connectivity index is 1.81. The summed E-state index contributed by atoms with van der Waals surface area (Å²) in [6, 6.07) is 2.41. The molecule has 1 aliphatic carbocycles. The van der Waals surface area contributed by atoms with E-state index in [-0.39, 0.29) is 23.5 Å². The number of rotatable bonds is 3. The molecule has 3 N–H and O–H groups in total. The van der Waals surface area contributed by atoms with Crippen LogP contribution in [0.4, 0.5) is 19.0 Å². The van der Waals surface area contributed by atoms with Crippen LogP contribution in [-0.4, -0.2) is 37.5 Å². The predicted molar refractivity (Wildman–Crippen MR) is 88.6 cm³/mol. The van der Waals surface area contributed by atoms with E-state index < -0.39 is 17.5 Å². The number of nitrogens with one attached hydrogen (secondary N) is 1. The number of aliphatic hydroxyl groups is 1. The van der Waals surface area contributed by atoms with Crippen molar-refractivity contribution in [3.63, 3.8) is 0 Å². The van der Waals surface area contributed by atoms with Crippen molar-refractivity contribution in [1.82, 2.24) is 15.2 Å². The third-order valence-corrected chi connectivity index (χ3v) is 4.40. The molecule has 0 saturated heterocycles. The van der Waals surface area contributed by atoms with E-state index in [0.29, 0.717) is 30.1 Å². The lowest BCUT2D eigenvalue weighted by Crippen LogP contribution is -2.30. The predicted octanol–water partition coefficient (Wildman–Crippen LogP) is 3.29. The Kier molecular flexibility index (Phi) is 4.99. The van der Waals surface area contributed by atoms with Crippen molar-refractivity contribution in [2.75, 3.05) is 5.32 Å². The summed E-state index contributed by atoms with van der Waals surface area (Å²) in [5, 5.41) is 30.9. The molecule has 9 heteroatoms. The minimum Gasteiger partial charge on any atom is -0.506 e. The standard InChI is InChI=1S/C17H19F3N4O2/c1-9-5-14(22-11-3-2-4-12(25)7-11)23-24-15(9)16-13(26)6-10(8-21-16)17(18,19)20/h5-6,8,11-12,25-26H,2-4,7H2,1H3,(H,22,23)/t11-,12-/m1/s1. The zero-order valence-electron chi connectivity index (χ0n) is 14.1. The van der Waals surface area contributed by atoms with Crippen molar-refractivity contribution in [3.8, 4) is 17.1 Å². The number of hydrogen-bond acceptors (Lipinski definition) is 6. The molecule has 0 spiro atoms. The molecule has 2 aromatic heterocycles. The van der Waals surface area contributed by atoms with Crippen molar-refractivity contribution >= 4 is 5.82 Å². The summed E-state index contributed by atoms with van der Waals surface area (Å²) in [4.78, 5) is 3.71. The second kappa shape index (κ2) is 7.06. The molecule has 0 bridgehead atoms. The first kappa shape index (κ1) is 18.4. The van der Waals surface area contributed by atoms with Gasteiger partial charge in [-0.15, -0.1) is 10.2 Å². The SMILES string of the molecule is Cc1cc(N[C@@H]2CCC[C@@H](O)C2)nnc1-c1ncc(C(F)(F)F)cc1O. The first-order valence-corrected chi connectivity index (χ1v) is 8.29. The molecule has 0 amide bonds. The van der Waals surface area contributed by atoms with Crippen LogP contribution in [-0.2, 0) is 6.18 Å². The van der Waals surface area contributed by atoms with Crippen LogP contribution in [0.1, 0.15) is 36.8 Å². The molecule has 0 unspecified atom stereocenters. The number of aliphatic hydroxyl groups excluding tert-OH is 1. The maximum absolute atomic E-state index is 12.7. The number of nitrogens with zero attached hydrogens (tertiary/aromatic N) is 3. The molecule has 2 heterocycles. The number of halogens is 3. The largest absolute Gasteiger partial charge is 0.506 e. The number of aryl methyl sites for hydroxylation is 1. The smallest absolute Gasteiger partial charge is 0.418 e. The normalized spacial score (nSPS) is 20.8. The highest BCUT2D eigenvalue weighted by Gasteiger charge is 2.32. The van der Waals surface area contributed by atoms with Gasteiger partial charge in [0.15, 0.2) is 0 Å². The van der Waals surface area contributed by atoms with Crippen LogP contribution >= 0.6 is 0 Å². The topological polar surface area (TPSA) is 91.2 Å². The number of aromatic hydroxyl groups is 1. The molecule has 1 aliphatic rings. The molecular formula is C17H19F3N4O2. The lowest BCUT2D eigenvalue weighted by atomic mass is 9.93. The summed E-state index contributed by atoms with van der Waals surface area (Å²) >= 11 is 0. The van der Waals surface area contributed by atoms with Gasteiger partial charge in [-0.05, 0) is 50.3 Å². The quantitative estimate of drug-likeness (QED) is 0.770. The van der Waals surface area contributed by atoms with Gasteiger partial charge in [0.05, 0.1) is 11.7 Å². The Bertz CT molecular complexity index is 798. The van der Waals surface area contributed by atoms with E-state index in [1.165, 1.54) is 0 Å². The lowest BCUT2D eigenvalue weighted by Gasteiger charge is -2.27. The number of pyridine rings is 1. The summed E-state index contributed by atoms with van der Waals surface area (Å²) in [7, 11) is 0. The van der Waals surface area contributed by atoms with E-state index in [0.717, 1.165) is 19.3 Å². The van der Waals surface area contributed by atoms with E-state index in [1.807, 2.05) is 0 Å². The van der Waals surface area contributed by atoms with Gasteiger partial charge in [0.25, 0.3) is 0 Å². The first-order valence-electron chi connectivity index (χ1n) is 8.29. The van der Waals surface area contributed by atoms with Crippen LogP contribution in [0.25, 0.3) is 11.4 Å². The molecule has 2 aromatic rings. The van der Waals surface area contributed by atoms with Crippen LogP contribution in [0, 0.1) is 6.92 Å². The highest BCUT2D eigenvalue weighted by molar-refractivity contribution is 5.66. The average molecular weight is 368 g/mol. The van der Waals surface area contributed by atoms with E-state index in [2.05, 4.69) is 20.5 Å². The second-order valence-electron chi connectivity index (χ2n) is 6.51. The highest BCUT2D eigenvalue weighted by atomic mass is 19.4. The minimum atomic E-state index is -4.58. The molecular weight excluding hydrogens is 349 g/mol. The van der Waals surface area contributed by atoms with Gasteiger partial charge in [0.1, 0.15) is 23.0 Å². The van der Waals surface area contributed by atoms with E-state index in [1.54, 1.807) is 13.0 Å². The van der Waals surface area contributed by atoms with Gasteiger partial charge in [-0.1, -0.05) is 0 Å². The fraction of sp³-hybridized carbons (Fsp3) is 0.471. The molecule has 0 aromatic carbocycles. The molecule has 1 saturated carbocycles. The molecule has 2 atom stereocenters. The Labute approximate surface area is 148 Å². The van der Waals surface area contributed by atoms with E-state index in [9.17, 15) is 23.4 Å². The van der Waals surface area contributed by atoms with Gasteiger partial charge in [-0.2, -0.15) is 13.2 Å². The first-order chi connectivity index (χ1) is 12.2. The number of alkyl halides is 3. The fourth-order valence-electron chi connectivity index (χ4n) is 3.08. The maximum atomic E-state index is 12.7. The number of hydrogen-bond donors (Lipinski definition) is 3. The average Bonchev–Trinajstić information content (AvgIpc) is 2.55. The maximum Gasteiger partial charge on any atom is 0.418 e. The van der Waals surface area contributed by atoms with Crippen molar-refractivity contribution in [3.05, 3.63) is 29.5 Å². The van der Waals surface area contributed by atoms with Crippen molar-refractivity contribution in [1.29, 1.82) is 0 Å². The van der Waals surface area contributed by atoms with Gasteiger partial charge >= 0.3 is 6.18 Å². The van der Waals surface area contributed by atoms with E-state index >= 15 is 0 Å². The molecule has 6 nitrogen and oxygen atoms in total. The zero-order valence-corrected chi connectivity index (χ0v) is 14.1. The van der Waals surface area contributed by atoms with Gasteiger partial charge in [0, 0.05) is 12.2 Å². The van der Waals surface area contributed by atoms with Crippen molar-refractivity contribution < 1.29 is 23.4 Å². The highest BCUT2D eigenvalue weighted by Crippen LogP contribution is 2.35. The Morgan fingerprint density at radius 3 is 2.54 bits per heavy atom. The molecule has 1 fully saturated rings. The monoisotopic (exact) mass is 368 g/mol. The Morgan fingerprint density at radius 2 is 1.92 bits per heavy atom. The summed E-state index contributed by atoms with van der Waals surface area (Å²) < 4.78 is 38.0. The second-order valence-corrected chi connectivity index (χ2v) is 6.51. The third-order valence-electron chi connectivity index (χ3n) is 4.40. The van der Waals surface area contributed by atoms with Gasteiger partial charge in [-0.25, -0.2) is 4.98 Å². The Morgan fingerprint density at radius 1 is 1.15 bits per heavy atom. The third kappa shape index (κ3) is 4.04. The summed E-state index contributed by atoms with van der Waals surface area (Å²) in [6.07, 6.45) is -0.992. The zero-order chi connectivity index (χ0) is 18.9. The summed E-state index contributed by atoms with van der Waals surface area (Å²) in [6.45, 7) is 1.71. The van der Waals surface area contributed by atoms with Crippen LogP contribution in [0.15, 0.2) is 18.3 Å². The molecule has 0 radical (unpaired) electrons. The Hall–Kier alpha value is -2.42. The van der Waals surface area contributed by atoms with Crippen LogP contribution in [0.5, 0.6) is 5.75 Å². The van der Waals surface area contributed by atoms with E-state index in [4.69, 9.17) is 0 Å². The molecule has 26 heavy (non-hydrogen) atoms. The van der Waals surface area contributed by atoms with Crippen LogP contribution < -0.4 is 5.32 Å². The fourth-order valence-corrected chi connectivity index (χ4v) is 3.08. The number of anilines is 1. The van der Waals surface area contributed by atoms with Crippen molar-refractivity contribution in [2.45, 2.75) is 50.9 Å². The lowest BCUT2D eigenvalue weighted by molar-refractivity contribution is -0.137. The van der Waals surface area contributed by atoms with Crippen molar-refractivity contribution in [2.24, 2.45) is 0 Å². The minimum absolute atomic E-state index is 0.0531. The summed E-state index contributed by atoms with van der Waals surface area (Å²) in [5.41, 5.74) is -0.256. The van der Waals surface area contributed by atoms with Crippen LogP contribution in [0.2, 0.25) is 0 Å². The van der Waals surface area contributed by atoms with Crippen LogP contribution in [0.3, 0.4) is 0 Å².